The Bertz CT molecular complexity index is 358. The molecule has 1 nitrogen and oxygen atoms in total. The van der Waals surface area contributed by atoms with E-state index in [9.17, 15) is 17.6 Å². The maximum absolute atomic E-state index is 13.2. The molecule has 1 aromatic rings. The van der Waals surface area contributed by atoms with Crippen LogP contribution in [0.4, 0.5) is 17.6 Å². The van der Waals surface area contributed by atoms with Gasteiger partial charge < -0.3 is 5.11 Å². The minimum Gasteiger partial charge on any atom is -0.391 e. The van der Waals surface area contributed by atoms with Crippen molar-refractivity contribution in [3.63, 3.8) is 0 Å². The van der Waals surface area contributed by atoms with Crippen molar-refractivity contribution in [2.75, 3.05) is 0 Å². The molecule has 1 aromatic carbocycles. The summed E-state index contributed by atoms with van der Waals surface area (Å²) in [4.78, 5) is 0. The molecular weight excluding hydrogens is 212 g/mol. The molecule has 0 atom stereocenters. The Labute approximate surface area is 84.3 Å². The van der Waals surface area contributed by atoms with Crippen LogP contribution in [0.25, 0.3) is 0 Å². The summed E-state index contributed by atoms with van der Waals surface area (Å²) in [6.07, 6.45) is 0. The topological polar surface area (TPSA) is 20.2 Å². The molecule has 5 heteroatoms. The molecule has 1 rings (SSSR count). The number of halogens is 4. The summed E-state index contributed by atoms with van der Waals surface area (Å²) in [7, 11) is 0. The molecule has 0 fully saturated rings. The summed E-state index contributed by atoms with van der Waals surface area (Å²) in [6, 6.07) is 0. The van der Waals surface area contributed by atoms with Crippen molar-refractivity contribution in [3.05, 3.63) is 34.4 Å². The zero-order valence-electron chi connectivity index (χ0n) is 8.24. The fourth-order valence-electron chi connectivity index (χ4n) is 1.34. The summed E-state index contributed by atoms with van der Waals surface area (Å²) in [6.45, 7) is 1.75. The van der Waals surface area contributed by atoms with Crippen molar-refractivity contribution >= 4 is 0 Å². The highest BCUT2D eigenvalue weighted by atomic mass is 19.2. The van der Waals surface area contributed by atoms with E-state index in [1.165, 1.54) is 13.8 Å². The van der Waals surface area contributed by atoms with Crippen LogP contribution in [0.5, 0.6) is 0 Å². The molecule has 0 spiro atoms. The van der Waals surface area contributed by atoms with Gasteiger partial charge >= 0.3 is 0 Å². The fourth-order valence-corrected chi connectivity index (χ4v) is 1.34. The first-order valence-corrected chi connectivity index (χ1v) is 4.37. The molecule has 0 saturated heterocycles. The molecule has 0 aliphatic heterocycles. The molecule has 1 N–H and O–H groups in total. The van der Waals surface area contributed by atoms with E-state index in [-0.39, 0.29) is 0 Å². The smallest absolute Gasteiger partial charge is 0.167 e. The van der Waals surface area contributed by atoms with Crippen LogP contribution < -0.4 is 0 Å². The summed E-state index contributed by atoms with van der Waals surface area (Å²) < 4.78 is 52.7. The lowest BCUT2D eigenvalue weighted by molar-refractivity contribution is 0.261. The predicted molar refractivity (Wildman–Crippen MR) is 46.3 cm³/mol. The first-order valence-electron chi connectivity index (χ1n) is 4.37. The fraction of sp³-hybridized carbons (Fsp3) is 0.400. The third kappa shape index (κ3) is 1.84. The Hall–Kier alpha value is -1.10. The van der Waals surface area contributed by atoms with Crippen LogP contribution >= 0.6 is 0 Å². The van der Waals surface area contributed by atoms with Gasteiger partial charge in [-0.1, -0.05) is 13.8 Å². The van der Waals surface area contributed by atoms with Crippen molar-refractivity contribution in [1.82, 2.24) is 0 Å². The van der Waals surface area contributed by atoms with Crippen LogP contribution in [-0.4, -0.2) is 5.11 Å². The number of benzene rings is 1. The van der Waals surface area contributed by atoms with Crippen LogP contribution in [-0.2, 0) is 6.61 Å². The second kappa shape index (κ2) is 4.18. The minimum atomic E-state index is -1.53. The van der Waals surface area contributed by atoms with E-state index in [0.29, 0.717) is 0 Å². The standard InChI is InChI=1S/C10H10F4O/c1-4(2)6-9(13)7(11)5(3-15)8(12)10(6)14/h4,15H,3H2,1-2H3. The van der Waals surface area contributed by atoms with Crippen LogP contribution in [0, 0.1) is 23.3 Å². The van der Waals surface area contributed by atoms with Gasteiger partial charge in [-0.05, 0) is 5.92 Å². The van der Waals surface area contributed by atoms with Gasteiger partial charge in [-0.3, -0.25) is 0 Å². The molecule has 0 bridgehead atoms. The highest BCUT2D eigenvalue weighted by Gasteiger charge is 2.25. The third-order valence-electron chi connectivity index (χ3n) is 2.12. The summed E-state index contributed by atoms with van der Waals surface area (Å²) in [5, 5.41) is 8.56. The molecule has 0 aliphatic rings. The molecule has 0 amide bonds. The first-order chi connectivity index (χ1) is 6.91. The van der Waals surface area contributed by atoms with Crippen LogP contribution in [0.15, 0.2) is 0 Å². The summed E-state index contributed by atoms with van der Waals surface area (Å²) >= 11 is 0. The van der Waals surface area contributed by atoms with E-state index >= 15 is 0 Å². The predicted octanol–water partition coefficient (Wildman–Crippen LogP) is 2.86. The lowest BCUT2D eigenvalue weighted by Gasteiger charge is -2.12. The maximum atomic E-state index is 13.2. The van der Waals surface area contributed by atoms with E-state index < -0.39 is 46.9 Å². The number of rotatable bonds is 2. The average molecular weight is 222 g/mol. The SMILES string of the molecule is CC(C)c1c(F)c(F)c(CO)c(F)c1F. The number of hydrogen-bond donors (Lipinski definition) is 1. The van der Waals surface area contributed by atoms with Gasteiger partial charge in [0.25, 0.3) is 0 Å². The van der Waals surface area contributed by atoms with E-state index in [4.69, 9.17) is 5.11 Å². The van der Waals surface area contributed by atoms with E-state index in [2.05, 4.69) is 0 Å². The Morgan fingerprint density at radius 3 is 1.60 bits per heavy atom. The number of aliphatic hydroxyl groups excluding tert-OH is 1. The molecule has 0 heterocycles. The largest absolute Gasteiger partial charge is 0.391 e. The lowest BCUT2D eigenvalue weighted by atomic mass is 9.99. The van der Waals surface area contributed by atoms with Gasteiger partial charge in [-0.15, -0.1) is 0 Å². The minimum absolute atomic E-state index is 0.637. The second-order valence-electron chi connectivity index (χ2n) is 3.46. The maximum Gasteiger partial charge on any atom is 0.167 e. The van der Waals surface area contributed by atoms with Crippen molar-refractivity contribution < 1.29 is 22.7 Å². The number of aliphatic hydroxyl groups is 1. The van der Waals surface area contributed by atoms with Crippen molar-refractivity contribution in [2.24, 2.45) is 0 Å². The van der Waals surface area contributed by atoms with E-state index in [1.54, 1.807) is 0 Å². The summed E-state index contributed by atoms with van der Waals surface area (Å²) in [5.74, 6) is -6.61. The van der Waals surface area contributed by atoms with Crippen molar-refractivity contribution in [2.45, 2.75) is 26.4 Å². The second-order valence-corrected chi connectivity index (χ2v) is 3.46. The Kier molecular flexibility index (Phi) is 3.34. The lowest BCUT2D eigenvalue weighted by Crippen LogP contribution is -2.09. The van der Waals surface area contributed by atoms with Crippen molar-refractivity contribution in [1.29, 1.82) is 0 Å². The molecule has 0 unspecified atom stereocenters. The van der Waals surface area contributed by atoms with Gasteiger partial charge in [0.2, 0.25) is 0 Å². The molecule has 0 aliphatic carbocycles. The van der Waals surface area contributed by atoms with E-state index in [0.717, 1.165) is 0 Å². The average Bonchev–Trinajstić information content (AvgIpc) is 2.16. The van der Waals surface area contributed by atoms with Crippen LogP contribution in [0.3, 0.4) is 0 Å². The highest BCUT2D eigenvalue weighted by molar-refractivity contribution is 5.31. The third-order valence-corrected chi connectivity index (χ3v) is 2.12. The van der Waals surface area contributed by atoms with Gasteiger partial charge in [-0.2, -0.15) is 0 Å². The van der Waals surface area contributed by atoms with Gasteiger partial charge in [0.1, 0.15) is 0 Å². The molecule has 15 heavy (non-hydrogen) atoms. The van der Waals surface area contributed by atoms with Crippen LogP contribution in [0.1, 0.15) is 30.9 Å². The van der Waals surface area contributed by atoms with Gasteiger partial charge in [0.15, 0.2) is 23.3 Å². The zero-order chi connectivity index (χ0) is 11.7. The Balaban J connectivity index is 3.59. The quantitative estimate of drug-likeness (QED) is 0.602. The monoisotopic (exact) mass is 222 g/mol. The Morgan fingerprint density at radius 2 is 1.33 bits per heavy atom. The summed E-state index contributed by atoms with van der Waals surface area (Å²) in [5.41, 5.74) is -1.61. The zero-order valence-corrected chi connectivity index (χ0v) is 8.24. The molecule has 0 radical (unpaired) electrons. The van der Waals surface area contributed by atoms with Crippen LogP contribution in [0.2, 0.25) is 0 Å². The van der Waals surface area contributed by atoms with E-state index in [1.807, 2.05) is 0 Å². The van der Waals surface area contributed by atoms with Crippen molar-refractivity contribution in [3.8, 4) is 0 Å². The molecule has 0 aromatic heterocycles. The molecular formula is C10H10F4O. The molecule has 84 valence electrons. The van der Waals surface area contributed by atoms with Gasteiger partial charge in [0.05, 0.1) is 12.2 Å². The normalized spacial score (nSPS) is 11.2. The Morgan fingerprint density at radius 1 is 0.933 bits per heavy atom. The van der Waals surface area contributed by atoms with Gasteiger partial charge in [-0.25, -0.2) is 17.6 Å². The number of hydrogen-bond acceptors (Lipinski definition) is 1. The van der Waals surface area contributed by atoms with Gasteiger partial charge in [0, 0.05) is 5.56 Å². The highest BCUT2D eigenvalue weighted by Crippen LogP contribution is 2.29. The molecule has 0 saturated carbocycles. The first kappa shape index (κ1) is 12.0.